The molecule has 5 rings (SSSR count). The van der Waals surface area contributed by atoms with E-state index in [1.54, 1.807) is 0 Å². The van der Waals surface area contributed by atoms with Crippen LogP contribution in [0.15, 0.2) is 36.7 Å². The number of nitrogens with zero attached hydrogens (tertiary/aromatic N) is 4. The van der Waals surface area contributed by atoms with Crippen LogP contribution in [0.4, 0.5) is 5.69 Å². The van der Waals surface area contributed by atoms with E-state index in [-0.39, 0.29) is 6.23 Å². The summed E-state index contributed by atoms with van der Waals surface area (Å²) in [4.78, 5) is 16.4. The lowest BCUT2D eigenvalue weighted by atomic mass is 9.93. The van der Waals surface area contributed by atoms with Crippen molar-refractivity contribution in [3.63, 3.8) is 0 Å². The van der Waals surface area contributed by atoms with Crippen LogP contribution in [-0.2, 0) is 9.53 Å². The van der Waals surface area contributed by atoms with Gasteiger partial charge in [-0.25, -0.2) is 4.68 Å². The van der Waals surface area contributed by atoms with Crippen LogP contribution < -0.4 is 4.90 Å². The Morgan fingerprint density at radius 2 is 1.81 bits per heavy atom. The number of anilines is 1. The van der Waals surface area contributed by atoms with Crippen molar-refractivity contribution in [2.24, 2.45) is 5.92 Å². The van der Waals surface area contributed by atoms with Crippen LogP contribution in [-0.4, -0.2) is 53.4 Å². The quantitative estimate of drug-likeness (QED) is 0.689. The average Bonchev–Trinajstić information content (AvgIpc) is 3.48. The molecule has 0 N–H and O–H groups in total. The van der Waals surface area contributed by atoms with Crippen LogP contribution in [0.2, 0.25) is 0 Å². The molecule has 1 unspecified atom stereocenters. The van der Waals surface area contributed by atoms with Crippen molar-refractivity contribution in [1.29, 1.82) is 0 Å². The van der Waals surface area contributed by atoms with Crippen LogP contribution in [0.1, 0.15) is 57.6 Å². The Balaban J connectivity index is 1.13. The Morgan fingerprint density at radius 1 is 0.968 bits per heavy atom. The number of aromatic nitrogens is 2. The number of carbonyl (C=O) groups excluding carboxylic acids is 1. The van der Waals surface area contributed by atoms with Gasteiger partial charge in [0.25, 0.3) is 0 Å². The van der Waals surface area contributed by atoms with Crippen molar-refractivity contribution in [3.8, 4) is 11.1 Å². The zero-order valence-electron chi connectivity index (χ0n) is 18.4. The summed E-state index contributed by atoms with van der Waals surface area (Å²) in [5, 5.41) is 4.54. The first-order valence-electron chi connectivity index (χ1n) is 12.1. The van der Waals surface area contributed by atoms with E-state index in [2.05, 4.69) is 45.4 Å². The lowest BCUT2D eigenvalue weighted by molar-refractivity contribution is -0.127. The van der Waals surface area contributed by atoms with Gasteiger partial charge in [-0.3, -0.25) is 4.79 Å². The Morgan fingerprint density at radius 3 is 2.52 bits per heavy atom. The van der Waals surface area contributed by atoms with Crippen molar-refractivity contribution in [1.82, 2.24) is 14.7 Å². The first-order valence-corrected chi connectivity index (χ1v) is 12.1. The molecule has 4 heterocycles. The molecule has 0 bridgehead atoms. The minimum Gasteiger partial charge on any atom is -0.372 e. The van der Waals surface area contributed by atoms with Gasteiger partial charge >= 0.3 is 0 Å². The van der Waals surface area contributed by atoms with Gasteiger partial charge in [-0.05, 0) is 68.6 Å². The number of benzene rings is 1. The summed E-state index contributed by atoms with van der Waals surface area (Å²) >= 11 is 0. The predicted molar refractivity (Wildman–Crippen MR) is 122 cm³/mol. The normalized spacial score (nSPS) is 23.0. The van der Waals surface area contributed by atoms with Crippen LogP contribution in [0.3, 0.4) is 0 Å². The number of likely N-dealkylation sites (tertiary alicyclic amines) is 1. The summed E-state index contributed by atoms with van der Waals surface area (Å²) < 4.78 is 7.82. The van der Waals surface area contributed by atoms with Crippen LogP contribution >= 0.6 is 0 Å². The number of amides is 1. The number of rotatable bonds is 6. The van der Waals surface area contributed by atoms with Gasteiger partial charge in [-0.2, -0.15) is 5.10 Å². The zero-order valence-corrected chi connectivity index (χ0v) is 18.4. The molecule has 3 aliphatic rings. The number of hydrogen-bond acceptors (Lipinski definition) is 4. The van der Waals surface area contributed by atoms with Gasteiger partial charge in [-0.1, -0.05) is 12.1 Å². The molecule has 1 aromatic heterocycles. The molecule has 31 heavy (non-hydrogen) atoms. The molecule has 2 aromatic rings. The maximum atomic E-state index is 11.8. The van der Waals surface area contributed by atoms with Gasteiger partial charge in [0, 0.05) is 56.7 Å². The highest BCUT2D eigenvalue weighted by Crippen LogP contribution is 2.29. The summed E-state index contributed by atoms with van der Waals surface area (Å²) in [6, 6.07) is 8.91. The summed E-state index contributed by atoms with van der Waals surface area (Å²) in [6.07, 6.45) is 13.0. The summed E-state index contributed by atoms with van der Waals surface area (Å²) in [6.45, 7) is 4.97. The summed E-state index contributed by atoms with van der Waals surface area (Å²) in [5.41, 5.74) is 3.66. The van der Waals surface area contributed by atoms with E-state index in [0.29, 0.717) is 5.91 Å². The molecule has 0 saturated carbocycles. The van der Waals surface area contributed by atoms with Gasteiger partial charge < -0.3 is 14.5 Å². The van der Waals surface area contributed by atoms with E-state index in [4.69, 9.17) is 4.74 Å². The first-order chi connectivity index (χ1) is 15.3. The van der Waals surface area contributed by atoms with E-state index >= 15 is 0 Å². The first kappa shape index (κ1) is 20.6. The van der Waals surface area contributed by atoms with Crippen LogP contribution in [0.25, 0.3) is 11.1 Å². The SMILES string of the molecule is O=C1CCCN1CCC1CCN(c2ccc(-c3cnn(C4CCCCO4)c3)cc2)CC1. The molecule has 0 aliphatic carbocycles. The zero-order chi connectivity index (χ0) is 21.0. The van der Waals surface area contributed by atoms with Gasteiger partial charge in [-0.15, -0.1) is 0 Å². The number of piperidine rings is 1. The molecule has 166 valence electrons. The molecule has 0 radical (unpaired) electrons. The second kappa shape index (κ2) is 9.43. The molecule has 6 heteroatoms. The lowest BCUT2D eigenvalue weighted by Crippen LogP contribution is -2.35. The predicted octanol–water partition coefficient (Wildman–Crippen LogP) is 4.48. The van der Waals surface area contributed by atoms with Crippen molar-refractivity contribution >= 4 is 11.6 Å². The fourth-order valence-electron chi connectivity index (χ4n) is 5.20. The number of hydrogen-bond donors (Lipinski definition) is 0. The lowest BCUT2D eigenvalue weighted by Gasteiger charge is -2.34. The molecule has 0 spiro atoms. The monoisotopic (exact) mass is 422 g/mol. The number of carbonyl (C=O) groups is 1. The Kier molecular flexibility index (Phi) is 6.25. The highest BCUT2D eigenvalue weighted by atomic mass is 16.5. The molecule has 1 aromatic carbocycles. The van der Waals surface area contributed by atoms with Crippen molar-refractivity contribution < 1.29 is 9.53 Å². The minimum absolute atomic E-state index is 0.0895. The standard InChI is InChI=1S/C25H34N4O2/c30-24-4-3-13-28(24)16-12-20-10-14-27(15-11-20)23-8-6-21(7-9-23)22-18-26-29(19-22)25-5-1-2-17-31-25/h6-9,18-20,25H,1-5,10-17H2. The molecule has 1 amide bonds. The van der Waals surface area contributed by atoms with Gasteiger partial charge in [0.15, 0.2) is 0 Å². The maximum absolute atomic E-state index is 11.8. The topological polar surface area (TPSA) is 50.6 Å². The third-order valence-corrected chi connectivity index (χ3v) is 7.21. The van der Waals surface area contributed by atoms with Gasteiger partial charge in [0.1, 0.15) is 6.23 Å². The van der Waals surface area contributed by atoms with E-state index in [1.807, 2.05) is 10.9 Å². The summed E-state index contributed by atoms with van der Waals surface area (Å²) in [5.74, 6) is 1.10. The van der Waals surface area contributed by atoms with Crippen LogP contribution in [0.5, 0.6) is 0 Å². The maximum Gasteiger partial charge on any atom is 0.222 e. The minimum atomic E-state index is 0.0895. The van der Waals surface area contributed by atoms with E-state index in [9.17, 15) is 4.79 Å². The Bertz CT molecular complexity index is 864. The van der Waals surface area contributed by atoms with Crippen molar-refractivity contribution in [2.45, 2.75) is 57.6 Å². The van der Waals surface area contributed by atoms with Crippen LogP contribution in [0, 0.1) is 5.92 Å². The molecule has 6 nitrogen and oxygen atoms in total. The fraction of sp³-hybridized carbons (Fsp3) is 0.600. The van der Waals surface area contributed by atoms with Gasteiger partial charge in [0.2, 0.25) is 5.91 Å². The highest BCUT2D eigenvalue weighted by molar-refractivity contribution is 5.78. The average molecular weight is 423 g/mol. The van der Waals surface area contributed by atoms with Crippen molar-refractivity contribution in [2.75, 3.05) is 37.7 Å². The van der Waals surface area contributed by atoms with E-state index in [1.165, 1.54) is 30.5 Å². The third kappa shape index (κ3) is 4.79. The van der Waals surface area contributed by atoms with Gasteiger partial charge in [0.05, 0.1) is 6.20 Å². The molecule has 3 fully saturated rings. The second-order valence-corrected chi connectivity index (χ2v) is 9.28. The van der Waals surface area contributed by atoms with Crippen molar-refractivity contribution in [3.05, 3.63) is 36.7 Å². The van der Waals surface area contributed by atoms with E-state index in [0.717, 1.165) is 76.4 Å². The largest absolute Gasteiger partial charge is 0.372 e. The number of ether oxygens (including phenoxy) is 1. The third-order valence-electron chi connectivity index (χ3n) is 7.21. The Labute approximate surface area is 185 Å². The molecule has 3 aliphatic heterocycles. The molecule has 1 atom stereocenters. The highest BCUT2D eigenvalue weighted by Gasteiger charge is 2.24. The molecule has 3 saturated heterocycles. The van der Waals surface area contributed by atoms with E-state index < -0.39 is 0 Å². The molecular formula is C25H34N4O2. The Hall–Kier alpha value is -2.34. The summed E-state index contributed by atoms with van der Waals surface area (Å²) in [7, 11) is 0. The second-order valence-electron chi connectivity index (χ2n) is 9.28. The smallest absolute Gasteiger partial charge is 0.222 e. The fourth-order valence-corrected chi connectivity index (χ4v) is 5.20. The molecular weight excluding hydrogens is 388 g/mol.